The first-order valence-corrected chi connectivity index (χ1v) is 12.0. The molecule has 9 heteroatoms. The van der Waals surface area contributed by atoms with Crippen molar-refractivity contribution in [2.45, 2.75) is 18.2 Å². The second-order valence-electron chi connectivity index (χ2n) is 7.36. The summed E-state index contributed by atoms with van der Waals surface area (Å²) in [5.41, 5.74) is 3.77. The summed E-state index contributed by atoms with van der Waals surface area (Å²) in [4.78, 5) is 23.9. The summed E-state index contributed by atoms with van der Waals surface area (Å²) < 4.78 is 27.9. The van der Waals surface area contributed by atoms with Gasteiger partial charge >= 0.3 is 5.97 Å². The first-order chi connectivity index (χ1) is 16.2. The molecule has 0 bridgehead atoms. The molecule has 0 spiro atoms. The fourth-order valence-corrected chi connectivity index (χ4v) is 3.57. The minimum Gasteiger partial charge on any atom is -0.452 e. The molecule has 0 aliphatic rings. The van der Waals surface area contributed by atoms with Crippen LogP contribution in [0.5, 0.6) is 0 Å². The van der Waals surface area contributed by atoms with E-state index in [9.17, 15) is 18.0 Å². The number of carbonyl (C=O) groups is 2. The van der Waals surface area contributed by atoms with Crippen molar-refractivity contribution in [2.24, 2.45) is 5.14 Å². The number of carbonyl (C=O) groups excluding carboxylic acids is 2. The molecule has 3 aromatic rings. The van der Waals surface area contributed by atoms with Gasteiger partial charge in [-0.2, -0.15) is 0 Å². The van der Waals surface area contributed by atoms with Crippen molar-refractivity contribution in [3.8, 4) is 0 Å². The van der Waals surface area contributed by atoms with Crippen molar-refractivity contribution in [1.29, 1.82) is 0 Å². The van der Waals surface area contributed by atoms with E-state index in [1.807, 2.05) is 25.1 Å². The number of aryl methyl sites for hydroxylation is 1. The third-order valence-electron chi connectivity index (χ3n) is 4.74. The average Bonchev–Trinajstić information content (AvgIpc) is 2.82. The lowest BCUT2D eigenvalue weighted by molar-refractivity contribution is -0.142. The molecule has 0 aliphatic carbocycles. The third-order valence-corrected chi connectivity index (χ3v) is 5.65. The summed E-state index contributed by atoms with van der Waals surface area (Å²) in [7, 11) is -3.79. The third kappa shape index (κ3) is 7.58. The quantitative estimate of drug-likeness (QED) is 0.316. The van der Waals surface area contributed by atoms with Gasteiger partial charge in [-0.1, -0.05) is 37.3 Å². The van der Waals surface area contributed by atoms with Crippen LogP contribution in [0.15, 0.2) is 83.8 Å². The SMILES string of the molecule is CCc1cccc(NC(=O)COC(=O)/C=C/c2ccc(Nc3cccc(S(N)(=O)=O)c3)cc2)c1. The molecule has 34 heavy (non-hydrogen) atoms. The number of hydrogen-bond donors (Lipinski definition) is 3. The van der Waals surface area contributed by atoms with Crippen LogP contribution in [0, 0.1) is 0 Å². The number of amides is 1. The molecule has 1 amide bonds. The summed E-state index contributed by atoms with van der Waals surface area (Å²) >= 11 is 0. The first kappa shape index (κ1) is 24.7. The average molecular weight is 480 g/mol. The van der Waals surface area contributed by atoms with E-state index in [2.05, 4.69) is 10.6 Å². The molecule has 0 aromatic heterocycles. The fourth-order valence-electron chi connectivity index (χ4n) is 3.01. The van der Waals surface area contributed by atoms with E-state index >= 15 is 0 Å². The Hall–Kier alpha value is -3.95. The largest absolute Gasteiger partial charge is 0.452 e. The van der Waals surface area contributed by atoms with Crippen molar-refractivity contribution < 1.29 is 22.7 Å². The molecule has 0 fully saturated rings. The number of hydrogen-bond acceptors (Lipinski definition) is 6. The molecule has 176 valence electrons. The number of nitrogens with one attached hydrogen (secondary N) is 2. The molecule has 8 nitrogen and oxygen atoms in total. The monoisotopic (exact) mass is 479 g/mol. The second-order valence-corrected chi connectivity index (χ2v) is 8.92. The first-order valence-electron chi connectivity index (χ1n) is 10.5. The standard InChI is InChI=1S/C25H25N3O5S/c1-2-18-5-3-6-21(15-18)28-24(29)17-33-25(30)14-11-19-9-12-20(13-10-19)27-22-7-4-8-23(16-22)34(26,31)32/h3-16,27H,2,17H2,1H3,(H,28,29)(H2,26,31,32)/b14-11+. The van der Waals surface area contributed by atoms with Gasteiger partial charge in [-0.3, -0.25) is 4.79 Å². The summed E-state index contributed by atoms with van der Waals surface area (Å²) in [5, 5.41) is 10.9. The van der Waals surface area contributed by atoms with E-state index in [4.69, 9.17) is 9.88 Å². The molecule has 0 radical (unpaired) electrons. The second kappa shape index (κ2) is 11.3. The molecule has 3 rings (SSSR count). The molecule has 0 unspecified atom stereocenters. The summed E-state index contributed by atoms with van der Waals surface area (Å²) in [6, 6.07) is 20.7. The van der Waals surface area contributed by atoms with Gasteiger partial charge in [0.25, 0.3) is 5.91 Å². The molecule has 0 aliphatic heterocycles. The lowest BCUT2D eigenvalue weighted by atomic mass is 10.1. The van der Waals surface area contributed by atoms with Crippen LogP contribution in [-0.4, -0.2) is 26.9 Å². The van der Waals surface area contributed by atoms with Crippen LogP contribution in [0.4, 0.5) is 17.1 Å². The minimum absolute atomic E-state index is 0.0127. The molecular weight excluding hydrogens is 454 g/mol. The summed E-state index contributed by atoms with van der Waals surface area (Å²) in [6.45, 7) is 1.63. The van der Waals surface area contributed by atoms with Crippen molar-refractivity contribution in [3.05, 3.63) is 90.0 Å². The number of esters is 1. The van der Waals surface area contributed by atoms with Crippen LogP contribution in [0.3, 0.4) is 0 Å². The zero-order valence-corrected chi connectivity index (χ0v) is 19.3. The Morgan fingerprint density at radius 2 is 1.65 bits per heavy atom. The maximum Gasteiger partial charge on any atom is 0.331 e. The molecule has 0 saturated carbocycles. The number of sulfonamides is 1. The zero-order valence-electron chi connectivity index (χ0n) is 18.5. The van der Waals surface area contributed by atoms with E-state index < -0.39 is 21.9 Å². The van der Waals surface area contributed by atoms with Gasteiger partial charge in [0.15, 0.2) is 6.61 Å². The highest BCUT2D eigenvalue weighted by Crippen LogP contribution is 2.20. The van der Waals surface area contributed by atoms with Gasteiger partial charge in [0.2, 0.25) is 10.0 Å². The molecule has 0 atom stereocenters. The van der Waals surface area contributed by atoms with Gasteiger partial charge in [0.1, 0.15) is 0 Å². The van der Waals surface area contributed by atoms with Gasteiger partial charge in [0, 0.05) is 23.1 Å². The van der Waals surface area contributed by atoms with E-state index in [1.54, 1.807) is 48.5 Å². The highest BCUT2D eigenvalue weighted by atomic mass is 32.2. The maximum absolute atomic E-state index is 12.0. The Bertz CT molecular complexity index is 1300. The lowest BCUT2D eigenvalue weighted by Gasteiger charge is -2.08. The van der Waals surface area contributed by atoms with Crippen LogP contribution in [0.2, 0.25) is 0 Å². The van der Waals surface area contributed by atoms with E-state index in [0.717, 1.165) is 23.2 Å². The van der Waals surface area contributed by atoms with E-state index in [-0.39, 0.29) is 11.5 Å². The van der Waals surface area contributed by atoms with Gasteiger partial charge < -0.3 is 15.4 Å². The Morgan fingerprint density at radius 3 is 2.35 bits per heavy atom. The Morgan fingerprint density at radius 1 is 0.941 bits per heavy atom. The molecule has 0 heterocycles. The van der Waals surface area contributed by atoms with Crippen LogP contribution < -0.4 is 15.8 Å². The highest BCUT2D eigenvalue weighted by Gasteiger charge is 2.08. The maximum atomic E-state index is 12.0. The van der Waals surface area contributed by atoms with Crippen LogP contribution in [-0.2, 0) is 30.8 Å². The Balaban J connectivity index is 1.50. The van der Waals surface area contributed by atoms with Crippen LogP contribution >= 0.6 is 0 Å². The van der Waals surface area contributed by atoms with E-state index in [1.165, 1.54) is 18.2 Å². The zero-order chi connectivity index (χ0) is 24.6. The van der Waals surface area contributed by atoms with Crippen molar-refractivity contribution in [2.75, 3.05) is 17.2 Å². The molecule has 0 saturated heterocycles. The van der Waals surface area contributed by atoms with Crippen molar-refractivity contribution in [3.63, 3.8) is 0 Å². The normalized spacial score (nSPS) is 11.2. The van der Waals surface area contributed by atoms with Crippen LogP contribution in [0.1, 0.15) is 18.1 Å². The summed E-state index contributed by atoms with van der Waals surface area (Å²) in [5.74, 6) is -1.06. The fraction of sp³-hybridized carbons (Fsp3) is 0.120. The summed E-state index contributed by atoms with van der Waals surface area (Å²) in [6.07, 6.45) is 3.66. The predicted octanol–water partition coefficient (Wildman–Crippen LogP) is 3.84. The number of rotatable bonds is 9. The van der Waals surface area contributed by atoms with Gasteiger partial charge in [-0.05, 0) is 66.1 Å². The van der Waals surface area contributed by atoms with Gasteiger partial charge in [-0.25, -0.2) is 18.4 Å². The minimum atomic E-state index is -3.79. The molecule has 4 N–H and O–H groups in total. The topological polar surface area (TPSA) is 128 Å². The number of anilines is 3. The highest BCUT2D eigenvalue weighted by molar-refractivity contribution is 7.89. The van der Waals surface area contributed by atoms with Crippen LogP contribution in [0.25, 0.3) is 6.08 Å². The van der Waals surface area contributed by atoms with Crippen molar-refractivity contribution in [1.82, 2.24) is 0 Å². The Kier molecular flexibility index (Phi) is 8.18. The van der Waals surface area contributed by atoms with Gasteiger partial charge in [-0.15, -0.1) is 0 Å². The van der Waals surface area contributed by atoms with Crippen molar-refractivity contribution >= 4 is 45.0 Å². The molecular formula is C25H25N3O5S. The number of primary sulfonamides is 1. The smallest absolute Gasteiger partial charge is 0.331 e. The lowest BCUT2D eigenvalue weighted by Crippen LogP contribution is -2.20. The number of ether oxygens (including phenoxy) is 1. The number of benzene rings is 3. The number of nitrogens with two attached hydrogens (primary N) is 1. The Labute approximate surface area is 198 Å². The molecule has 3 aromatic carbocycles. The van der Waals surface area contributed by atoms with E-state index in [0.29, 0.717) is 11.4 Å². The van der Waals surface area contributed by atoms with Gasteiger partial charge in [0.05, 0.1) is 4.90 Å². The predicted molar refractivity (Wildman–Crippen MR) is 132 cm³/mol.